The van der Waals surface area contributed by atoms with Gasteiger partial charge in [0.2, 0.25) is 0 Å². The van der Waals surface area contributed by atoms with Crippen molar-refractivity contribution in [2.45, 2.75) is 13.8 Å². The molecule has 0 aliphatic heterocycles. The molecule has 0 aliphatic carbocycles. The topological polar surface area (TPSA) is 42.0 Å². The van der Waals surface area contributed by atoms with E-state index in [1.165, 1.54) is 0 Å². The monoisotopic (exact) mass is 372 g/mol. The zero-order valence-corrected chi connectivity index (χ0v) is 13.9. The molecule has 0 aliphatic rings. The van der Waals surface area contributed by atoms with Gasteiger partial charge < -0.3 is 5.32 Å². The molecule has 0 saturated carbocycles. The van der Waals surface area contributed by atoms with Gasteiger partial charge in [0.15, 0.2) is 5.82 Å². The van der Waals surface area contributed by atoms with Crippen molar-refractivity contribution in [2.75, 3.05) is 5.32 Å². The van der Waals surface area contributed by atoms with E-state index in [0.29, 0.717) is 31.6 Å². The summed E-state index contributed by atoms with van der Waals surface area (Å²) < 4.78 is 0.711. The maximum absolute atomic E-state index is 12.3. The summed E-state index contributed by atoms with van der Waals surface area (Å²) in [4.78, 5) is 16.4. The Balaban J connectivity index is 2.32. The Morgan fingerprint density at radius 1 is 1.20 bits per heavy atom. The van der Waals surface area contributed by atoms with Crippen LogP contribution >= 0.6 is 39.1 Å². The number of amides is 1. The van der Waals surface area contributed by atoms with E-state index in [-0.39, 0.29) is 5.91 Å². The lowest BCUT2D eigenvalue weighted by molar-refractivity contribution is 0.102. The number of nitrogens with one attached hydrogen (secondary N) is 1. The van der Waals surface area contributed by atoms with Crippen LogP contribution in [0.5, 0.6) is 0 Å². The Morgan fingerprint density at radius 2 is 1.90 bits per heavy atom. The summed E-state index contributed by atoms with van der Waals surface area (Å²) in [6, 6.07) is 7.09. The van der Waals surface area contributed by atoms with Crippen molar-refractivity contribution in [1.29, 1.82) is 0 Å². The number of hydrogen-bond acceptors (Lipinski definition) is 2. The molecular weight excluding hydrogens is 363 g/mol. The van der Waals surface area contributed by atoms with Gasteiger partial charge in [0.1, 0.15) is 0 Å². The molecule has 1 aromatic heterocycles. The lowest BCUT2D eigenvalue weighted by atomic mass is 10.1. The van der Waals surface area contributed by atoms with E-state index in [0.717, 1.165) is 5.56 Å². The maximum Gasteiger partial charge on any atom is 0.258 e. The van der Waals surface area contributed by atoms with E-state index >= 15 is 0 Å². The average Bonchev–Trinajstić information content (AvgIpc) is 2.38. The van der Waals surface area contributed by atoms with E-state index in [2.05, 4.69) is 26.2 Å². The second-order valence-electron chi connectivity index (χ2n) is 4.32. The van der Waals surface area contributed by atoms with Gasteiger partial charge in [-0.15, -0.1) is 0 Å². The fourth-order valence-corrected chi connectivity index (χ4v) is 2.47. The molecule has 0 radical (unpaired) electrons. The van der Waals surface area contributed by atoms with Crippen molar-refractivity contribution in [3.05, 3.63) is 55.6 Å². The molecule has 20 heavy (non-hydrogen) atoms. The van der Waals surface area contributed by atoms with Gasteiger partial charge in [-0.2, -0.15) is 0 Å². The highest BCUT2D eigenvalue weighted by Gasteiger charge is 2.14. The summed E-state index contributed by atoms with van der Waals surface area (Å²) in [5.74, 6) is 0.0173. The predicted octanol–water partition coefficient (Wildman–Crippen LogP) is 5.02. The van der Waals surface area contributed by atoms with Crippen LogP contribution in [0.4, 0.5) is 5.82 Å². The number of carbonyl (C=O) groups excluding carboxylic acids is 1. The van der Waals surface area contributed by atoms with Gasteiger partial charge in [-0.3, -0.25) is 4.79 Å². The van der Waals surface area contributed by atoms with Crippen molar-refractivity contribution in [3.8, 4) is 0 Å². The first-order chi connectivity index (χ1) is 9.38. The zero-order chi connectivity index (χ0) is 14.9. The van der Waals surface area contributed by atoms with Crippen molar-refractivity contribution in [3.63, 3.8) is 0 Å². The fourth-order valence-electron chi connectivity index (χ4n) is 1.63. The van der Waals surface area contributed by atoms with Crippen molar-refractivity contribution in [1.82, 2.24) is 4.98 Å². The maximum atomic E-state index is 12.3. The molecule has 1 amide bonds. The van der Waals surface area contributed by atoms with Gasteiger partial charge in [0, 0.05) is 4.47 Å². The Morgan fingerprint density at radius 3 is 2.60 bits per heavy atom. The third kappa shape index (κ3) is 3.32. The molecule has 6 heteroatoms. The molecule has 1 heterocycles. The molecule has 104 valence electrons. The van der Waals surface area contributed by atoms with Crippen LogP contribution in [0.25, 0.3) is 0 Å². The van der Waals surface area contributed by atoms with Crippen molar-refractivity contribution in [2.24, 2.45) is 0 Å². The number of carbonyl (C=O) groups is 1. The van der Waals surface area contributed by atoms with E-state index in [1.54, 1.807) is 19.1 Å². The number of hydrogen-bond donors (Lipinski definition) is 1. The van der Waals surface area contributed by atoms with Gasteiger partial charge in [-0.25, -0.2) is 4.98 Å². The Kier molecular flexibility index (Phi) is 4.68. The third-order valence-electron chi connectivity index (χ3n) is 2.70. The van der Waals surface area contributed by atoms with Crippen LogP contribution in [0, 0.1) is 13.8 Å². The number of benzene rings is 1. The number of nitrogens with zero attached hydrogens (tertiary/aromatic N) is 1. The molecule has 1 aromatic carbocycles. The summed E-state index contributed by atoms with van der Waals surface area (Å²) in [5.41, 5.74) is 2.12. The minimum absolute atomic E-state index is 0.281. The number of anilines is 1. The Hall–Kier alpha value is -1.10. The quantitative estimate of drug-likeness (QED) is 0.802. The molecule has 2 aromatic rings. The Labute approximate surface area is 135 Å². The minimum Gasteiger partial charge on any atom is -0.305 e. The normalized spacial score (nSPS) is 10.4. The molecule has 2 rings (SSSR count). The number of aromatic nitrogens is 1. The molecule has 1 N–H and O–H groups in total. The molecule has 0 bridgehead atoms. The zero-order valence-electron chi connectivity index (χ0n) is 10.8. The number of pyridine rings is 1. The Bertz CT molecular complexity index is 689. The molecule has 0 fully saturated rings. The third-order valence-corrected chi connectivity index (χ3v) is 4.07. The second kappa shape index (κ2) is 6.12. The molecule has 0 saturated heterocycles. The number of halogens is 3. The van der Waals surface area contributed by atoms with Crippen LogP contribution in [-0.4, -0.2) is 10.9 Å². The van der Waals surface area contributed by atoms with Crippen LogP contribution in [0.1, 0.15) is 21.6 Å². The molecule has 0 atom stereocenters. The summed E-state index contributed by atoms with van der Waals surface area (Å²) in [6.07, 6.45) is 0. The van der Waals surface area contributed by atoms with Crippen molar-refractivity contribution < 1.29 is 4.79 Å². The van der Waals surface area contributed by atoms with Gasteiger partial charge in [0.25, 0.3) is 5.91 Å². The lowest BCUT2D eigenvalue weighted by Crippen LogP contribution is -2.14. The molecular formula is C14H11BrCl2N2O. The highest BCUT2D eigenvalue weighted by molar-refractivity contribution is 9.10. The smallest absolute Gasteiger partial charge is 0.258 e. The van der Waals surface area contributed by atoms with Crippen LogP contribution < -0.4 is 5.32 Å². The minimum atomic E-state index is -0.281. The fraction of sp³-hybridized carbons (Fsp3) is 0.143. The standard InChI is InChI=1S/C14H11BrCl2N2O/c1-7-3-4-10(15)9(5-7)14(20)19-13-12(17)6-11(16)8(2)18-13/h3-6H,1-2H3,(H,18,19,20). The summed E-state index contributed by atoms with van der Waals surface area (Å²) in [6.45, 7) is 3.66. The first-order valence-electron chi connectivity index (χ1n) is 5.78. The van der Waals surface area contributed by atoms with E-state index in [9.17, 15) is 4.79 Å². The van der Waals surface area contributed by atoms with Gasteiger partial charge in [0.05, 0.1) is 21.3 Å². The first kappa shape index (κ1) is 15.3. The van der Waals surface area contributed by atoms with E-state index in [4.69, 9.17) is 23.2 Å². The van der Waals surface area contributed by atoms with E-state index in [1.807, 2.05) is 19.1 Å². The molecule has 0 unspecified atom stereocenters. The summed E-state index contributed by atoms with van der Waals surface area (Å²) in [7, 11) is 0. The molecule has 3 nitrogen and oxygen atoms in total. The highest BCUT2D eigenvalue weighted by atomic mass is 79.9. The summed E-state index contributed by atoms with van der Waals surface area (Å²) in [5, 5.41) is 3.46. The summed E-state index contributed by atoms with van der Waals surface area (Å²) >= 11 is 15.3. The van der Waals surface area contributed by atoms with Gasteiger partial charge in [-0.1, -0.05) is 34.8 Å². The van der Waals surface area contributed by atoms with Crippen LogP contribution in [-0.2, 0) is 0 Å². The first-order valence-corrected chi connectivity index (χ1v) is 7.33. The number of rotatable bonds is 2. The number of aryl methyl sites for hydroxylation is 2. The van der Waals surface area contributed by atoms with Gasteiger partial charge in [-0.05, 0) is 48.0 Å². The van der Waals surface area contributed by atoms with E-state index < -0.39 is 0 Å². The van der Waals surface area contributed by atoms with Crippen molar-refractivity contribution >= 4 is 50.9 Å². The average molecular weight is 374 g/mol. The lowest BCUT2D eigenvalue weighted by Gasteiger charge is -2.10. The van der Waals surface area contributed by atoms with Crippen LogP contribution in [0.15, 0.2) is 28.7 Å². The largest absolute Gasteiger partial charge is 0.305 e. The SMILES string of the molecule is Cc1ccc(Br)c(C(=O)Nc2nc(C)c(Cl)cc2Cl)c1. The van der Waals surface area contributed by atoms with Gasteiger partial charge >= 0.3 is 0 Å². The highest BCUT2D eigenvalue weighted by Crippen LogP contribution is 2.27. The molecule has 0 spiro atoms. The second-order valence-corrected chi connectivity index (χ2v) is 5.99. The van der Waals surface area contributed by atoms with Crippen LogP contribution in [0.2, 0.25) is 10.0 Å². The predicted molar refractivity (Wildman–Crippen MR) is 85.8 cm³/mol. The van der Waals surface area contributed by atoms with Crippen LogP contribution in [0.3, 0.4) is 0 Å².